The summed E-state index contributed by atoms with van der Waals surface area (Å²) in [6.07, 6.45) is 4.00. The maximum absolute atomic E-state index is 12.8. The van der Waals surface area contributed by atoms with E-state index in [2.05, 4.69) is 20.5 Å². The number of methoxy groups -OCH3 is 1. The summed E-state index contributed by atoms with van der Waals surface area (Å²) in [6.45, 7) is 4.30. The minimum atomic E-state index is -0.243. The molecule has 8 heteroatoms. The van der Waals surface area contributed by atoms with Gasteiger partial charge in [0, 0.05) is 12.6 Å². The number of hydrogen-bond donors (Lipinski definition) is 1. The maximum atomic E-state index is 12.8. The molecular formula is C21H25N5O3. The lowest BCUT2D eigenvalue weighted by Gasteiger charge is -2.25. The third-order valence-electron chi connectivity index (χ3n) is 5.32. The maximum Gasteiger partial charge on any atom is 0.273 e. The fraction of sp³-hybridized carbons (Fsp3) is 0.381. The fourth-order valence-corrected chi connectivity index (χ4v) is 3.74. The molecule has 1 atom stereocenters. The molecule has 0 bridgehead atoms. The van der Waals surface area contributed by atoms with Gasteiger partial charge in [-0.2, -0.15) is 0 Å². The van der Waals surface area contributed by atoms with E-state index >= 15 is 0 Å². The highest BCUT2D eigenvalue weighted by Crippen LogP contribution is 2.25. The van der Waals surface area contributed by atoms with Crippen LogP contribution in [0.3, 0.4) is 0 Å². The van der Waals surface area contributed by atoms with Crippen LogP contribution < -0.4 is 10.1 Å². The van der Waals surface area contributed by atoms with Crippen molar-refractivity contribution in [3.63, 3.8) is 0 Å². The van der Waals surface area contributed by atoms with Crippen LogP contribution in [-0.2, 0) is 0 Å². The van der Waals surface area contributed by atoms with E-state index in [9.17, 15) is 4.79 Å². The zero-order valence-corrected chi connectivity index (χ0v) is 16.7. The van der Waals surface area contributed by atoms with Gasteiger partial charge >= 0.3 is 0 Å². The van der Waals surface area contributed by atoms with Gasteiger partial charge in [0.2, 0.25) is 0 Å². The molecule has 2 aromatic heterocycles. The van der Waals surface area contributed by atoms with Gasteiger partial charge in [-0.3, -0.25) is 9.69 Å². The number of amides is 1. The first kappa shape index (κ1) is 19.2. The molecule has 1 aromatic carbocycles. The second-order valence-electron chi connectivity index (χ2n) is 7.12. The highest BCUT2D eigenvalue weighted by atomic mass is 16.5. The van der Waals surface area contributed by atoms with Crippen LogP contribution in [0.5, 0.6) is 5.75 Å². The van der Waals surface area contributed by atoms with Crippen molar-refractivity contribution in [1.29, 1.82) is 0 Å². The van der Waals surface area contributed by atoms with Crippen molar-refractivity contribution in [3.8, 4) is 11.4 Å². The Morgan fingerprint density at radius 1 is 1.28 bits per heavy atom. The molecule has 152 valence electrons. The van der Waals surface area contributed by atoms with Gasteiger partial charge in [0.25, 0.3) is 5.91 Å². The first-order chi connectivity index (χ1) is 14.2. The van der Waals surface area contributed by atoms with E-state index < -0.39 is 0 Å². The largest absolute Gasteiger partial charge is 0.497 e. The SMILES string of the molecule is COc1cccc(-n2nnc(C(=O)NCC(c3ccco3)N3CCCC3)c2C)c1. The molecule has 3 heterocycles. The standard InChI is InChI=1S/C21H25N5O3/c1-15-20(23-24-26(15)16-7-5-8-17(13-16)28-2)21(27)22-14-18(19-9-6-12-29-19)25-10-3-4-11-25/h5-9,12-13,18H,3-4,10-11,14H2,1-2H3,(H,22,27). The number of likely N-dealkylation sites (tertiary alicyclic amines) is 1. The Balaban J connectivity index is 1.49. The Hall–Kier alpha value is -3.13. The molecule has 0 radical (unpaired) electrons. The molecular weight excluding hydrogens is 370 g/mol. The molecule has 0 spiro atoms. The summed E-state index contributed by atoms with van der Waals surface area (Å²) in [7, 11) is 1.61. The number of hydrogen-bond acceptors (Lipinski definition) is 6. The van der Waals surface area contributed by atoms with E-state index in [-0.39, 0.29) is 11.9 Å². The zero-order chi connectivity index (χ0) is 20.2. The van der Waals surface area contributed by atoms with E-state index in [0.29, 0.717) is 17.9 Å². The topological polar surface area (TPSA) is 85.4 Å². The summed E-state index contributed by atoms with van der Waals surface area (Å²) in [5.74, 6) is 1.34. The fourth-order valence-electron chi connectivity index (χ4n) is 3.74. The molecule has 1 fully saturated rings. The van der Waals surface area contributed by atoms with Crippen molar-refractivity contribution in [1.82, 2.24) is 25.2 Å². The summed E-state index contributed by atoms with van der Waals surface area (Å²) < 4.78 is 12.5. The summed E-state index contributed by atoms with van der Waals surface area (Å²) in [6, 6.07) is 11.3. The van der Waals surface area contributed by atoms with Crippen LogP contribution in [0.1, 0.15) is 40.8 Å². The molecule has 29 heavy (non-hydrogen) atoms. The smallest absolute Gasteiger partial charge is 0.273 e. The first-order valence-corrected chi connectivity index (χ1v) is 9.79. The van der Waals surface area contributed by atoms with E-state index in [1.807, 2.05) is 43.3 Å². The van der Waals surface area contributed by atoms with E-state index in [1.54, 1.807) is 18.1 Å². The van der Waals surface area contributed by atoms with Gasteiger partial charge in [-0.25, -0.2) is 4.68 Å². The Morgan fingerprint density at radius 2 is 2.10 bits per heavy atom. The minimum Gasteiger partial charge on any atom is -0.497 e. The summed E-state index contributed by atoms with van der Waals surface area (Å²) in [5.41, 5.74) is 1.78. The number of carbonyl (C=O) groups excluding carboxylic acids is 1. The third kappa shape index (κ3) is 4.02. The molecule has 0 saturated carbocycles. The lowest BCUT2D eigenvalue weighted by molar-refractivity contribution is 0.0928. The van der Waals surface area contributed by atoms with Crippen LogP contribution in [0.2, 0.25) is 0 Å². The van der Waals surface area contributed by atoms with Crippen molar-refractivity contribution in [2.45, 2.75) is 25.8 Å². The predicted molar refractivity (Wildman–Crippen MR) is 107 cm³/mol. The molecule has 1 unspecified atom stereocenters. The van der Waals surface area contributed by atoms with E-state index in [1.165, 1.54) is 12.8 Å². The Bertz CT molecular complexity index is 961. The number of ether oxygens (including phenoxy) is 1. The lowest BCUT2D eigenvalue weighted by Crippen LogP contribution is -2.37. The molecule has 1 saturated heterocycles. The normalized spacial score (nSPS) is 15.4. The van der Waals surface area contributed by atoms with Gasteiger partial charge in [-0.05, 0) is 57.1 Å². The summed E-state index contributed by atoms with van der Waals surface area (Å²) >= 11 is 0. The van der Waals surface area contributed by atoms with Gasteiger partial charge in [0.05, 0.1) is 30.8 Å². The Morgan fingerprint density at radius 3 is 2.83 bits per heavy atom. The molecule has 0 aliphatic carbocycles. The van der Waals surface area contributed by atoms with Gasteiger partial charge in [-0.15, -0.1) is 5.10 Å². The van der Waals surface area contributed by atoms with Crippen LogP contribution in [-0.4, -0.2) is 52.5 Å². The van der Waals surface area contributed by atoms with Gasteiger partial charge < -0.3 is 14.5 Å². The minimum absolute atomic E-state index is 0.0187. The summed E-state index contributed by atoms with van der Waals surface area (Å²) in [4.78, 5) is 15.2. The van der Waals surface area contributed by atoms with Crippen LogP contribution in [0.15, 0.2) is 47.1 Å². The van der Waals surface area contributed by atoms with Crippen molar-refractivity contribution in [2.75, 3.05) is 26.7 Å². The van der Waals surface area contributed by atoms with E-state index in [0.717, 1.165) is 30.3 Å². The third-order valence-corrected chi connectivity index (χ3v) is 5.32. The molecule has 1 amide bonds. The van der Waals surface area contributed by atoms with Crippen molar-refractivity contribution in [3.05, 3.63) is 59.8 Å². The van der Waals surface area contributed by atoms with Crippen molar-refractivity contribution < 1.29 is 13.9 Å². The average molecular weight is 395 g/mol. The number of nitrogens with zero attached hydrogens (tertiary/aromatic N) is 4. The molecule has 3 aromatic rings. The number of benzene rings is 1. The van der Waals surface area contributed by atoms with Crippen LogP contribution in [0.4, 0.5) is 0 Å². The molecule has 4 rings (SSSR count). The van der Waals surface area contributed by atoms with Gasteiger partial charge in [0.1, 0.15) is 11.5 Å². The molecule has 1 aliphatic heterocycles. The predicted octanol–water partition coefficient (Wildman–Crippen LogP) is 2.74. The number of nitrogens with one attached hydrogen (secondary N) is 1. The van der Waals surface area contributed by atoms with E-state index in [4.69, 9.17) is 9.15 Å². The second kappa shape index (κ2) is 8.48. The number of furan rings is 1. The van der Waals surface area contributed by atoms with Crippen LogP contribution in [0.25, 0.3) is 5.69 Å². The Labute approximate surface area is 169 Å². The quantitative estimate of drug-likeness (QED) is 0.662. The number of carbonyl (C=O) groups is 1. The highest BCUT2D eigenvalue weighted by molar-refractivity contribution is 5.93. The van der Waals surface area contributed by atoms with Crippen LogP contribution >= 0.6 is 0 Å². The first-order valence-electron chi connectivity index (χ1n) is 9.79. The lowest BCUT2D eigenvalue weighted by atomic mass is 10.2. The molecule has 1 aliphatic rings. The number of rotatable bonds is 7. The van der Waals surface area contributed by atoms with Crippen molar-refractivity contribution in [2.24, 2.45) is 0 Å². The highest BCUT2D eigenvalue weighted by Gasteiger charge is 2.27. The monoisotopic (exact) mass is 395 g/mol. The Kier molecular flexibility index (Phi) is 5.62. The number of aromatic nitrogens is 3. The van der Waals surface area contributed by atoms with Gasteiger partial charge in [0.15, 0.2) is 5.69 Å². The van der Waals surface area contributed by atoms with Crippen molar-refractivity contribution >= 4 is 5.91 Å². The summed E-state index contributed by atoms with van der Waals surface area (Å²) in [5, 5.41) is 11.3. The second-order valence-corrected chi connectivity index (χ2v) is 7.12. The van der Waals surface area contributed by atoms with Crippen LogP contribution in [0, 0.1) is 6.92 Å². The van der Waals surface area contributed by atoms with Gasteiger partial charge in [-0.1, -0.05) is 11.3 Å². The zero-order valence-electron chi connectivity index (χ0n) is 16.7. The molecule has 8 nitrogen and oxygen atoms in total. The molecule has 1 N–H and O–H groups in total. The average Bonchev–Trinajstić information content (AvgIpc) is 3.51.